The highest BCUT2D eigenvalue weighted by Gasteiger charge is 2.47. The molecule has 7 heterocycles. The summed E-state index contributed by atoms with van der Waals surface area (Å²) in [5.74, 6) is 2.75. The normalized spacial score (nSPS) is 16.4. The highest BCUT2D eigenvalue weighted by Crippen LogP contribution is 2.54. The molecule has 1 aliphatic carbocycles. The Balaban J connectivity index is 0.748. The summed E-state index contributed by atoms with van der Waals surface area (Å²) < 4.78 is 8.12. The Bertz CT molecular complexity index is 5960. The molecule has 0 saturated carbocycles. The molecule has 0 radical (unpaired) electrons. The number of imidazole rings is 2. The monoisotopic (exact) mass is 1210 g/mol. The summed E-state index contributed by atoms with van der Waals surface area (Å²) in [5, 5.41) is 2.54. The number of carbonyl (C=O) groups excluding carboxylic acids is 1. The average molecular weight is 1210 g/mol. The molecule has 0 amide bonds. The third-order valence-electron chi connectivity index (χ3n) is 19.6. The van der Waals surface area contributed by atoms with Gasteiger partial charge in [0.2, 0.25) is 5.78 Å². The van der Waals surface area contributed by atoms with Gasteiger partial charge in [-0.05, 0) is 127 Å². The van der Waals surface area contributed by atoms with E-state index >= 15 is 4.79 Å². The molecule has 3 aliphatic rings. The maximum Gasteiger partial charge on any atom is 0.267 e. The van der Waals surface area contributed by atoms with Gasteiger partial charge in [0.15, 0.2) is 17.5 Å². The van der Waals surface area contributed by atoms with E-state index in [-0.39, 0.29) is 23.4 Å². The molecule has 11 aromatic carbocycles. The lowest BCUT2D eigenvalue weighted by atomic mass is 9.71. The Morgan fingerprint density at radius 3 is 1.77 bits per heavy atom. The summed E-state index contributed by atoms with van der Waals surface area (Å²) in [6, 6.07) is 86.8. The van der Waals surface area contributed by atoms with Crippen molar-refractivity contribution in [1.82, 2.24) is 43.0 Å². The van der Waals surface area contributed by atoms with Gasteiger partial charge in [0, 0.05) is 67.3 Å². The van der Waals surface area contributed by atoms with Gasteiger partial charge in [-0.2, -0.15) is 0 Å². The zero-order chi connectivity index (χ0) is 62.5. The van der Waals surface area contributed by atoms with Crippen LogP contribution in [0.2, 0.25) is 0 Å². The summed E-state index contributed by atoms with van der Waals surface area (Å²) in [6.07, 6.45) is 8.77. The number of benzene rings is 11. The van der Waals surface area contributed by atoms with Crippen molar-refractivity contribution < 1.29 is 4.79 Å². The Morgan fingerprint density at radius 2 is 1.02 bits per heavy atom. The van der Waals surface area contributed by atoms with Gasteiger partial charge in [0.05, 0.1) is 55.5 Å². The molecule has 16 aromatic rings. The number of anilines is 2. The van der Waals surface area contributed by atoms with Crippen molar-refractivity contribution in [1.29, 1.82) is 0 Å². The van der Waals surface area contributed by atoms with E-state index in [1.807, 2.05) is 120 Å². The standard InChI is InChI=1S/C82H54N10O2/c1-49-36-39-55(40-37-49)82(2)63-48-53(52-24-18-28-57(46-52)88-67-34-16-13-31-61(67)72-70(88)45-43-65-74(72)92-79(94)62-32-14-17-35-68(62)90(81(92)84-65)56-26-10-5-11-27-56)38-41-59(63)78(93)91-73-64(83-80(82)91)42-44-69-71(73)60-30-12-15-33-66(60)89(69)58-29-19-25-54(47-58)77-86-75(50-20-6-3-7-21-50)85-76(87-77)51-22-8-4-9-23-51/h3-48,60,66H,1-2H3. The molecule has 3 unspecified atom stereocenters. The van der Waals surface area contributed by atoms with Crippen LogP contribution in [0.15, 0.2) is 284 Å². The minimum atomic E-state index is -0.886. The lowest BCUT2D eigenvalue weighted by Gasteiger charge is -2.36. The quantitative estimate of drug-likeness (QED) is 0.147. The fraction of sp³-hybridized carbons (Fsp3) is 0.0610. The number of para-hydroxylation sites is 3. The maximum atomic E-state index is 16.0. The third kappa shape index (κ3) is 7.77. The number of fused-ring (bicyclic) bond motifs is 16. The van der Waals surface area contributed by atoms with Crippen molar-refractivity contribution in [3.05, 3.63) is 323 Å². The molecule has 12 heteroatoms. The number of carbonyl (C=O) groups is 1. The van der Waals surface area contributed by atoms with E-state index in [0.29, 0.717) is 40.0 Å². The maximum absolute atomic E-state index is 16.0. The second-order valence-corrected chi connectivity index (χ2v) is 24.9. The van der Waals surface area contributed by atoms with Crippen LogP contribution < -0.4 is 10.5 Å². The van der Waals surface area contributed by atoms with Crippen LogP contribution >= 0.6 is 0 Å². The molecule has 444 valence electrons. The number of nitrogens with zero attached hydrogens (tertiary/aromatic N) is 10. The molecule has 5 aromatic heterocycles. The second-order valence-electron chi connectivity index (χ2n) is 24.9. The Kier molecular flexibility index (Phi) is 11.5. The highest BCUT2D eigenvalue weighted by atomic mass is 16.2. The molecule has 0 N–H and O–H groups in total. The third-order valence-corrected chi connectivity index (χ3v) is 19.6. The smallest absolute Gasteiger partial charge is 0.267 e. The van der Waals surface area contributed by atoms with Crippen LogP contribution in [0.4, 0.5) is 11.4 Å². The number of aryl methyl sites for hydroxylation is 1. The predicted octanol–water partition coefficient (Wildman–Crippen LogP) is 17.5. The van der Waals surface area contributed by atoms with Crippen LogP contribution in [-0.2, 0) is 5.41 Å². The SMILES string of the molecule is Cc1ccc(C2(C)c3cc(-c4cccc(-n5c6ccccc6c6c5ccc5nc7n(-c8ccccc8)c8ccccc8c(=O)n7c56)c4)ccc3C(=O)n3c2nc2ccc4c(c23)C2C=CC=CC2N4c2cccc(-c3nc(-c4ccccc4)nc(-c4ccccc4)n3)c2)cc1. The Morgan fingerprint density at radius 1 is 0.436 bits per heavy atom. The van der Waals surface area contributed by atoms with Gasteiger partial charge in [-0.25, -0.2) is 29.3 Å². The first-order chi connectivity index (χ1) is 46.2. The Hall–Kier alpha value is -12.4. The van der Waals surface area contributed by atoms with Crippen LogP contribution in [0.3, 0.4) is 0 Å². The Labute approximate surface area is 538 Å². The van der Waals surface area contributed by atoms with Crippen LogP contribution in [0.25, 0.3) is 117 Å². The fourth-order valence-electron chi connectivity index (χ4n) is 15.3. The van der Waals surface area contributed by atoms with Gasteiger partial charge in [0.25, 0.3) is 11.5 Å². The second kappa shape index (κ2) is 20.3. The molecule has 0 bridgehead atoms. The van der Waals surface area contributed by atoms with Crippen molar-refractivity contribution in [2.75, 3.05) is 4.90 Å². The van der Waals surface area contributed by atoms with Crippen molar-refractivity contribution in [3.8, 4) is 56.7 Å². The first kappa shape index (κ1) is 53.4. The van der Waals surface area contributed by atoms with Crippen molar-refractivity contribution in [2.24, 2.45) is 0 Å². The van der Waals surface area contributed by atoms with Crippen molar-refractivity contribution >= 4 is 77.8 Å². The van der Waals surface area contributed by atoms with Gasteiger partial charge < -0.3 is 9.47 Å². The molecule has 12 nitrogen and oxygen atoms in total. The molecule has 0 spiro atoms. The van der Waals surface area contributed by atoms with Gasteiger partial charge in [-0.1, -0.05) is 194 Å². The van der Waals surface area contributed by atoms with Crippen molar-refractivity contribution in [3.63, 3.8) is 0 Å². The van der Waals surface area contributed by atoms with Gasteiger partial charge in [-0.15, -0.1) is 0 Å². The van der Waals surface area contributed by atoms with Crippen LogP contribution in [0.1, 0.15) is 51.3 Å². The summed E-state index contributed by atoms with van der Waals surface area (Å²) in [5.41, 5.74) is 17.9. The largest absolute Gasteiger partial charge is 0.333 e. The molecule has 3 atom stereocenters. The minimum absolute atomic E-state index is 0.106. The zero-order valence-corrected chi connectivity index (χ0v) is 51.0. The van der Waals surface area contributed by atoms with Crippen LogP contribution in [0.5, 0.6) is 0 Å². The molecular weight excluding hydrogens is 1160 g/mol. The highest BCUT2D eigenvalue weighted by molar-refractivity contribution is 6.20. The molecule has 0 fully saturated rings. The first-order valence-electron chi connectivity index (χ1n) is 31.7. The van der Waals surface area contributed by atoms with E-state index in [4.69, 9.17) is 24.9 Å². The van der Waals surface area contributed by atoms with Crippen LogP contribution in [0, 0.1) is 6.92 Å². The predicted molar refractivity (Wildman–Crippen MR) is 375 cm³/mol. The summed E-state index contributed by atoms with van der Waals surface area (Å²) in [4.78, 5) is 59.4. The van der Waals surface area contributed by atoms with Gasteiger partial charge in [-0.3, -0.25) is 18.7 Å². The summed E-state index contributed by atoms with van der Waals surface area (Å²) >= 11 is 0. The topological polar surface area (TPSA) is 121 Å². The number of allylic oxidation sites excluding steroid dienone is 2. The van der Waals surface area contributed by atoms with E-state index in [1.165, 1.54) is 0 Å². The molecular formula is C82H54N10O2. The number of hydrogen-bond donors (Lipinski definition) is 0. The van der Waals surface area contributed by atoms with E-state index in [0.717, 1.165) is 122 Å². The number of rotatable bonds is 8. The van der Waals surface area contributed by atoms with Gasteiger partial charge >= 0.3 is 0 Å². The van der Waals surface area contributed by atoms with Crippen LogP contribution in [-0.4, -0.2) is 55.0 Å². The summed E-state index contributed by atoms with van der Waals surface area (Å²) in [6.45, 7) is 4.34. The van der Waals surface area contributed by atoms with E-state index in [2.05, 4.69) is 192 Å². The molecule has 19 rings (SSSR count). The number of aromatic nitrogens is 9. The number of hydrogen-bond acceptors (Lipinski definition) is 8. The lowest BCUT2D eigenvalue weighted by molar-refractivity contribution is 0.0949. The van der Waals surface area contributed by atoms with Crippen molar-refractivity contribution in [2.45, 2.75) is 31.2 Å². The van der Waals surface area contributed by atoms with E-state index < -0.39 is 5.41 Å². The zero-order valence-electron chi connectivity index (χ0n) is 51.0. The van der Waals surface area contributed by atoms with E-state index in [1.54, 1.807) is 4.40 Å². The fourth-order valence-corrected chi connectivity index (χ4v) is 15.3. The van der Waals surface area contributed by atoms with E-state index in [9.17, 15) is 4.79 Å². The molecule has 2 aliphatic heterocycles. The average Bonchev–Trinajstić information content (AvgIpc) is 1.50. The minimum Gasteiger partial charge on any atom is -0.333 e. The molecule has 94 heavy (non-hydrogen) atoms. The summed E-state index contributed by atoms with van der Waals surface area (Å²) in [7, 11) is 0. The lowest BCUT2D eigenvalue weighted by Crippen LogP contribution is -2.38. The molecule has 0 saturated heterocycles. The van der Waals surface area contributed by atoms with Gasteiger partial charge in [0.1, 0.15) is 5.82 Å². The first-order valence-corrected chi connectivity index (χ1v) is 31.7.